The van der Waals surface area contributed by atoms with E-state index in [-0.39, 0.29) is 9.77 Å². The molecule has 0 bridgehead atoms. The van der Waals surface area contributed by atoms with Crippen molar-refractivity contribution in [1.29, 1.82) is 0 Å². The van der Waals surface area contributed by atoms with Gasteiger partial charge in [-0.3, -0.25) is 4.72 Å². The van der Waals surface area contributed by atoms with Gasteiger partial charge in [0.25, 0.3) is 10.0 Å². The molecular formula is C15H15NO6S2. The molecule has 0 spiro atoms. The zero-order valence-corrected chi connectivity index (χ0v) is 14.8. The number of hydrogen-bond acceptors (Lipinski definition) is 7. The molecule has 2 aromatic rings. The number of esters is 2. The highest BCUT2D eigenvalue weighted by Crippen LogP contribution is 2.26. The van der Waals surface area contributed by atoms with E-state index >= 15 is 0 Å². The number of rotatable bonds is 5. The van der Waals surface area contributed by atoms with Crippen molar-refractivity contribution in [3.63, 3.8) is 0 Å². The molecule has 0 aliphatic rings. The molecule has 2 rings (SSSR count). The molecule has 1 aromatic carbocycles. The predicted molar refractivity (Wildman–Crippen MR) is 89.0 cm³/mol. The van der Waals surface area contributed by atoms with Gasteiger partial charge in [-0.1, -0.05) is 0 Å². The molecule has 0 aliphatic heterocycles. The van der Waals surface area contributed by atoms with Crippen LogP contribution < -0.4 is 4.72 Å². The summed E-state index contributed by atoms with van der Waals surface area (Å²) in [5, 5.41) is 1.49. The molecule has 0 saturated heterocycles. The van der Waals surface area contributed by atoms with Crippen LogP contribution in [0, 0.1) is 6.92 Å². The Morgan fingerprint density at radius 3 is 2.33 bits per heavy atom. The molecule has 0 unspecified atom stereocenters. The molecule has 0 atom stereocenters. The third kappa shape index (κ3) is 3.57. The van der Waals surface area contributed by atoms with Gasteiger partial charge in [-0.05, 0) is 42.1 Å². The lowest BCUT2D eigenvalue weighted by Gasteiger charge is -2.11. The van der Waals surface area contributed by atoms with Crippen LogP contribution in [0.2, 0.25) is 0 Å². The molecule has 1 N–H and O–H groups in total. The van der Waals surface area contributed by atoms with Gasteiger partial charge >= 0.3 is 11.9 Å². The Morgan fingerprint density at radius 2 is 1.75 bits per heavy atom. The lowest BCUT2D eigenvalue weighted by atomic mass is 10.1. The Kier molecular flexibility index (Phi) is 5.25. The number of sulfonamides is 1. The lowest BCUT2D eigenvalue weighted by molar-refractivity contribution is 0.0592. The van der Waals surface area contributed by atoms with Crippen molar-refractivity contribution < 1.29 is 27.5 Å². The van der Waals surface area contributed by atoms with E-state index in [0.717, 1.165) is 11.3 Å². The highest BCUT2D eigenvalue weighted by Gasteiger charge is 2.25. The molecule has 1 heterocycles. The van der Waals surface area contributed by atoms with Gasteiger partial charge in [0.15, 0.2) is 0 Å². The van der Waals surface area contributed by atoms with Gasteiger partial charge in [0.05, 0.1) is 25.5 Å². The molecule has 1 aromatic heterocycles. The van der Waals surface area contributed by atoms with Crippen LogP contribution in [-0.4, -0.2) is 34.6 Å². The minimum Gasteiger partial charge on any atom is -0.465 e. The van der Waals surface area contributed by atoms with E-state index in [9.17, 15) is 18.0 Å². The first-order valence-corrected chi connectivity index (χ1v) is 9.04. The van der Waals surface area contributed by atoms with Crippen LogP contribution in [0.4, 0.5) is 5.69 Å². The van der Waals surface area contributed by atoms with Crippen LogP contribution in [0.25, 0.3) is 0 Å². The van der Waals surface area contributed by atoms with E-state index in [4.69, 9.17) is 0 Å². The molecule has 0 amide bonds. The largest absolute Gasteiger partial charge is 0.465 e. The smallest absolute Gasteiger partial charge is 0.349 e. The summed E-state index contributed by atoms with van der Waals surface area (Å²) in [6.45, 7) is 1.65. The number of carbonyl (C=O) groups is 2. The highest BCUT2D eigenvalue weighted by molar-refractivity contribution is 7.93. The van der Waals surface area contributed by atoms with E-state index in [0.29, 0.717) is 16.8 Å². The summed E-state index contributed by atoms with van der Waals surface area (Å²) in [6, 6.07) is 5.75. The summed E-state index contributed by atoms with van der Waals surface area (Å²) in [5.74, 6) is -1.23. The number of hydrogen-bond donors (Lipinski definition) is 1. The molecule has 0 radical (unpaired) electrons. The standard InChI is InChI=1S/C15H15NO6S2/c1-9-8-10(14(17)21-2)4-5-11(9)16-24(19,20)12-6-7-23-13(12)15(18)22-3/h4-8,16H,1-3H3. The highest BCUT2D eigenvalue weighted by atomic mass is 32.2. The van der Waals surface area contributed by atoms with Gasteiger partial charge in [-0.2, -0.15) is 0 Å². The van der Waals surface area contributed by atoms with Crippen molar-refractivity contribution >= 4 is 39.0 Å². The van der Waals surface area contributed by atoms with E-state index in [2.05, 4.69) is 14.2 Å². The van der Waals surface area contributed by atoms with Crippen molar-refractivity contribution in [3.05, 3.63) is 45.6 Å². The van der Waals surface area contributed by atoms with Crippen molar-refractivity contribution in [2.45, 2.75) is 11.8 Å². The molecule has 128 valence electrons. The van der Waals surface area contributed by atoms with Crippen LogP contribution in [0.15, 0.2) is 34.5 Å². The lowest BCUT2D eigenvalue weighted by Crippen LogP contribution is -2.16. The zero-order valence-electron chi connectivity index (χ0n) is 13.2. The number of anilines is 1. The maximum atomic E-state index is 12.5. The van der Waals surface area contributed by atoms with Crippen LogP contribution in [0.5, 0.6) is 0 Å². The average Bonchev–Trinajstić information content (AvgIpc) is 3.05. The fourth-order valence-corrected chi connectivity index (χ4v) is 4.44. The maximum Gasteiger partial charge on any atom is 0.349 e. The first-order valence-electron chi connectivity index (χ1n) is 6.67. The number of nitrogens with one attached hydrogen (secondary N) is 1. The minimum absolute atomic E-state index is 0.00571. The van der Waals surface area contributed by atoms with Gasteiger partial charge in [-0.25, -0.2) is 18.0 Å². The molecule has 7 nitrogen and oxygen atoms in total. The van der Waals surface area contributed by atoms with Gasteiger partial charge in [0.1, 0.15) is 9.77 Å². The number of methoxy groups -OCH3 is 2. The van der Waals surface area contributed by atoms with Crippen molar-refractivity contribution in [2.75, 3.05) is 18.9 Å². The van der Waals surface area contributed by atoms with Gasteiger partial charge < -0.3 is 9.47 Å². The first kappa shape index (κ1) is 18.0. The Labute approximate surface area is 143 Å². The Bertz CT molecular complexity index is 885. The number of benzene rings is 1. The topological polar surface area (TPSA) is 98.8 Å². The zero-order chi connectivity index (χ0) is 17.9. The summed E-state index contributed by atoms with van der Waals surface area (Å²) in [5.41, 5.74) is 1.14. The third-order valence-electron chi connectivity index (χ3n) is 3.18. The van der Waals surface area contributed by atoms with E-state index in [1.54, 1.807) is 6.92 Å². The average molecular weight is 369 g/mol. The summed E-state index contributed by atoms with van der Waals surface area (Å²) < 4.78 is 36.7. The summed E-state index contributed by atoms with van der Waals surface area (Å²) in [4.78, 5) is 23.0. The Morgan fingerprint density at radius 1 is 1.08 bits per heavy atom. The van der Waals surface area contributed by atoms with Crippen molar-refractivity contribution in [1.82, 2.24) is 0 Å². The quantitative estimate of drug-likeness (QED) is 0.813. The molecular weight excluding hydrogens is 354 g/mol. The summed E-state index contributed by atoms with van der Waals surface area (Å²) in [7, 11) is -1.53. The molecule has 0 fully saturated rings. The van der Waals surface area contributed by atoms with E-state index in [1.807, 2.05) is 0 Å². The fraction of sp³-hybridized carbons (Fsp3) is 0.200. The Hall–Kier alpha value is -2.39. The molecule has 0 aliphatic carbocycles. The van der Waals surface area contributed by atoms with Crippen LogP contribution >= 0.6 is 11.3 Å². The molecule has 24 heavy (non-hydrogen) atoms. The van der Waals surface area contributed by atoms with Crippen LogP contribution in [0.1, 0.15) is 25.6 Å². The van der Waals surface area contributed by atoms with Gasteiger partial charge in [0, 0.05) is 0 Å². The predicted octanol–water partition coefficient (Wildman–Crippen LogP) is 2.43. The molecule has 9 heteroatoms. The number of thiophene rings is 1. The second kappa shape index (κ2) is 7.02. The van der Waals surface area contributed by atoms with Crippen LogP contribution in [-0.2, 0) is 19.5 Å². The fourth-order valence-electron chi connectivity index (χ4n) is 1.97. The monoisotopic (exact) mass is 369 g/mol. The van der Waals surface area contributed by atoms with E-state index in [1.165, 1.54) is 43.9 Å². The maximum absolute atomic E-state index is 12.5. The third-order valence-corrected chi connectivity index (χ3v) is 5.61. The van der Waals surface area contributed by atoms with Crippen molar-refractivity contribution in [3.8, 4) is 0 Å². The Balaban J connectivity index is 2.35. The van der Waals surface area contributed by atoms with Gasteiger partial charge in [0.2, 0.25) is 0 Å². The number of aryl methyl sites for hydroxylation is 1. The first-order chi connectivity index (χ1) is 11.3. The molecule has 0 saturated carbocycles. The van der Waals surface area contributed by atoms with Crippen LogP contribution in [0.3, 0.4) is 0 Å². The number of ether oxygens (including phenoxy) is 2. The normalized spacial score (nSPS) is 11.0. The SMILES string of the molecule is COC(=O)c1ccc(NS(=O)(=O)c2ccsc2C(=O)OC)c(C)c1. The summed E-state index contributed by atoms with van der Waals surface area (Å²) in [6.07, 6.45) is 0. The minimum atomic E-state index is -3.97. The summed E-state index contributed by atoms with van der Waals surface area (Å²) >= 11 is 0.978. The second-order valence-electron chi connectivity index (χ2n) is 4.73. The van der Waals surface area contributed by atoms with E-state index < -0.39 is 22.0 Å². The van der Waals surface area contributed by atoms with Crippen molar-refractivity contribution in [2.24, 2.45) is 0 Å². The number of carbonyl (C=O) groups excluding carboxylic acids is 2. The second-order valence-corrected chi connectivity index (χ2v) is 7.30. The van der Waals surface area contributed by atoms with Gasteiger partial charge in [-0.15, -0.1) is 11.3 Å².